The lowest BCUT2D eigenvalue weighted by atomic mass is 9.73. The lowest BCUT2D eigenvalue weighted by Crippen LogP contribution is -2.49. The monoisotopic (exact) mass is 197 g/mol. The number of nitrogens with two attached hydrogens (primary N) is 1. The van der Waals surface area contributed by atoms with Crippen molar-refractivity contribution in [2.75, 3.05) is 6.54 Å². The Kier molecular flexibility index (Phi) is 2.61. The van der Waals surface area contributed by atoms with E-state index in [0.29, 0.717) is 18.1 Å². The summed E-state index contributed by atoms with van der Waals surface area (Å²) in [4.78, 5) is 0. The lowest BCUT2D eigenvalue weighted by molar-refractivity contribution is -0.169. The summed E-state index contributed by atoms with van der Waals surface area (Å²) < 4.78 is 6.27. The Labute approximate surface area is 87.2 Å². The fourth-order valence-corrected chi connectivity index (χ4v) is 3.28. The molecular formula is C12H23NO. The molecule has 1 aliphatic heterocycles. The first-order valence-electron chi connectivity index (χ1n) is 5.98. The van der Waals surface area contributed by atoms with Crippen LogP contribution in [0.4, 0.5) is 0 Å². The zero-order chi connectivity index (χ0) is 10.2. The van der Waals surface area contributed by atoms with Crippen LogP contribution >= 0.6 is 0 Å². The predicted molar refractivity (Wildman–Crippen MR) is 58.1 cm³/mol. The molecule has 0 radical (unpaired) electrons. The van der Waals surface area contributed by atoms with E-state index in [2.05, 4.69) is 13.8 Å². The molecule has 14 heavy (non-hydrogen) atoms. The van der Waals surface area contributed by atoms with Gasteiger partial charge in [0.2, 0.25) is 0 Å². The molecule has 2 aliphatic rings. The minimum atomic E-state index is 0.162. The minimum absolute atomic E-state index is 0.162. The molecule has 1 saturated heterocycles. The van der Waals surface area contributed by atoms with Crippen LogP contribution in [0, 0.1) is 5.41 Å². The van der Waals surface area contributed by atoms with Crippen molar-refractivity contribution >= 4 is 0 Å². The molecule has 2 nitrogen and oxygen atoms in total. The standard InChI is InChI=1S/C12H23NO/c1-11(2)6-4-8-12(11)7-3-5-10(9-13)14-12/h10H,3-9,13H2,1-2H3. The van der Waals surface area contributed by atoms with Crippen LogP contribution in [0.3, 0.4) is 0 Å². The Bertz CT molecular complexity index is 214. The molecular weight excluding hydrogens is 174 g/mol. The van der Waals surface area contributed by atoms with Gasteiger partial charge in [-0.2, -0.15) is 0 Å². The quantitative estimate of drug-likeness (QED) is 0.701. The fourth-order valence-electron chi connectivity index (χ4n) is 3.28. The van der Waals surface area contributed by atoms with E-state index in [9.17, 15) is 0 Å². The summed E-state index contributed by atoms with van der Waals surface area (Å²) in [6, 6.07) is 0. The first-order chi connectivity index (χ1) is 6.60. The number of hydrogen-bond donors (Lipinski definition) is 1. The van der Waals surface area contributed by atoms with Gasteiger partial charge in [0, 0.05) is 6.54 Å². The van der Waals surface area contributed by atoms with Crippen molar-refractivity contribution in [3.63, 3.8) is 0 Å². The predicted octanol–water partition coefficient (Wildman–Crippen LogP) is 2.46. The van der Waals surface area contributed by atoms with Gasteiger partial charge >= 0.3 is 0 Å². The van der Waals surface area contributed by atoms with E-state index >= 15 is 0 Å². The van der Waals surface area contributed by atoms with Gasteiger partial charge in [-0.3, -0.25) is 0 Å². The summed E-state index contributed by atoms with van der Waals surface area (Å²) in [5, 5.41) is 0. The van der Waals surface area contributed by atoms with Crippen molar-refractivity contribution in [3.8, 4) is 0 Å². The average molecular weight is 197 g/mol. The fraction of sp³-hybridized carbons (Fsp3) is 1.00. The average Bonchev–Trinajstić information content (AvgIpc) is 2.43. The maximum absolute atomic E-state index is 6.27. The van der Waals surface area contributed by atoms with Crippen molar-refractivity contribution < 1.29 is 4.74 Å². The Morgan fingerprint density at radius 2 is 1.93 bits per heavy atom. The normalized spacial score (nSPS) is 41.8. The van der Waals surface area contributed by atoms with Gasteiger partial charge in [-0.25, -0.2) is 0 Å². The van der Waals surface area contributed by atoms with Crippen LogP contribution in [0.1, 0.15) is 52.4 Å². The first-order valence-corrected chi connectivity index (χ1v) is 5.98. The summed E-state index contributed by atoms with van der Waals surface area (Å²) in [5.74, 6) is 0. The molecule has 82 valence electrons. The summed E-state index contributed by atoms with van der Waals surface area (Å²) in [6.07, 6.45) is 7.91. The lowest BCUT2D eigenvalue weighted by Gasteiger charge is -2.47. The second kappa shape index (κ2) is 3.49. The number of ether oxygens (including phenoxy) is 1. The second-order valence-corrected chi connectivity index (χ2v) is 5.60. The summed E-state index contributed by atoms with van der Waals surface area (Å²) in [6.45, 7) is 5.41. The van der Waals surface area contributed by atoms with Crippen LogP contribution in [0.25, 0.3) is 0 Å². The summed E-state index contributed by atoms with van der Waals surface area (Å²) in [7, 11) is 0. The van der Waals surface area contributed by atoms with Gasteiger partial charge in [-0.05, 0) is 43.9 Å². The molecule has 1 spiro atoms. The highest BCUT2D eigenvalue weighted by atomic mass is 16.5. The number of rotatable bonds is 1. The van der Waals surface area contributed by atoms with Gasteiger partial charge in [-0.15, -0.1) is 0 Å². The topological polar surface area (TPSA) is 35.2 Å². The molecule has 2 fully saturated rings. The highest BCUT2D eigenvalue weighted by molar-refractivity contribution is 5.02. The minimum Gasteiger partial charge on any atom is -0.370 e. The Morgan fingerprint density at radius 1 is 1.21 bits per heavy atom. The molecule has 2 heteroatoms. The van der Waals surface area contributed by atoms with Gasteiger partial charge in [0.1, 0.15) is 0 Å². The van der Waals surface area contributed by atoms with Gasteiger partial charge in [0.25, 0.3) is 0 Å². The van der Waals surface area contributed by atoms with Crippen LogP contribution in [0.2, 0.25) is 0 Å². The smallest absolute Gasteiger partial charge is 0.0737 e. The Hall–Kier alpha value is -0.0800. The SMILES string of the molecule is CC1(C)CCCC12CCCC(CN)O2. The van der Waals surface area contributed by atoms with Gasteiger partial charge < -0.3 is 10.5 Å². The molecule has 1 heterocycles. The Balaban J connectivity index is 2.14. The van der Waals surface area contributed by atoms with Crippen molar-refractivity contribution in [3.05, 3.63) is 0 Å². The summed E-state index contributed by atoms with van der Waals surface area (Å²) in [5.41, 5.74) is 6.24. The molecule has 2 atom stereocenters. The number of hydrogen-bond acceptors (Lipinski definition) is 2. The third-order valence-corrected chi connectivity index (χ3v) is 4.38. The molecule has 0 bridgehead atoms. The summed E-state index contributed by atoms with van der Waals surface area (Å²) >= 11 is 0. The van der Waals surface area contributed by atoms with Gasteiger partial charge in [-0.1, -0.05) is 13.8 Å². The molecule has 2 unspecified atom stereocenters. The van der Waals surface area contributed by atoms with E-state index in [1.165, 1.54) is 32.1 Å². The maximum atomic E-state index is 6.27. The zero-order valence-corrected chi connectivity index (χ0v) is 9.51. The molecule has 0 aromatic carbocycles. The zero-order valence-electron chi connectivity index (χ0n) is 9.51. The van der Waals surface area contributed by atoms with Crippen LogP contribution in [-0.4, -0.2) is 18.2 Å². The van der Waals surface area contributed by atoms with Crippen LogP contribution in [-0.2, 0) is 4.74 Å². The molecule has 2 N–H and O–H groups in total. The van der Waals surface area contributed by atoms with E-state index in [1.54, 1.807) is 0 Å². The first kappa shape index (κ1) is 10.4. The van der Waals surface area contributed by atoms with E-state index < -0.39 is 0 Å². The second-order valence-electron chi connectivity index (χ2n) is 5.60. The third-order valence-electron chi connectivity index (χ3n) is 4.38. The Morgan fingerprint density at radius 3 is 2.50 bits per heavy atom. The van der Waals surface area contributed by atoms with Crippen LogP contribution in [0.15, 0.2) is 0 Å². The van der Waals surface area contributed by atoms with Crippen molar-refractivity contribution in [2.24, 2.45) is 11.1 Å². The van der Waals surface area contributed by atoms with Crippen molar-refractivity contribution in [2.45, 2.75) is 64.1 Å². The molecule has 2 rings (SSSR count). The largest absolute Gasteiger partial charge is 0.370 e. The highest BCUT2D eigenvalue weighted by Gasteiger charge is 2.51. The highest BCUT2D eigenvalue weighted by Crippen LogP contribution is 2.53. The van der Waals surface area contributed by atoms with Gasteiger partial charge in [0.15, 0.2) is 0 Å². The van der Waals surface area contributed by atoms with Crippen LogP contribution in [0.5, 0.6) is 0 Å². The van der Waals surface area contributed by atoms with Crippen LogP contribution < -0.4 is 5.73 Å². The molecule has 1 saturated carbocycles. The third kappa shape index (κ3) is 1.49. The van der Waals surface area contributed by atoms with E-state index in [4.69, 9.17) is 10.5 Å². The maximum Gasteiger partial charge on any atom is 0.0737 e. The molecule has 1 aliphatic carbocycles. The van der Waals surface area contributed by atoms with Crippen molar-refractivity contribution in [1.82, 2.24) is 0 Å². The molecule has 0 aromatic rings. The van der Waals surface area contributed by atoms with Crippen molar-refractivity contribution in [1.29, 1.82) is 0 Å². The van der Waals surface area contributed by atoms with E-state index in [0.717, 1.165) is 6.42 Å². The van der Waals surface area contributed by atoms with E-state index in [1.807, 2.05) is 0 Å². The van der Waals surface area contributed by atoms with E-state index in [-0.39, 0.29) is 5.60 Å². The molecule has 0 amide bonds. The molecule has 0 aromatic heterocycles. The van der Waals surface area contributed by atoms with Gasteiger partial charge in [0.05, 0.1) is 11.7 Å².